The largest absolute Gasteiger partial charge is 0.493 e. The molecule has 0 aromatic heterocycles. The minimum Gasteiger partial charge on any atom is -0.493 e. The van der Waals surface area contributed by atoms with E-state index in [1.54, 1.807) is 38.5 Å². The van der Waals surface area contributed by atoms with Crippen molar-refractivity contribution in [2.75, 3.05) is 26.1 Å². The average Bonchev–Trinajstić information content (AvgIpc) is 2.87. The first-order valence-corrected chi connectivity index (χ1v) is 11.6. The first kappa shape index (κ1) is 25.6. The summed E-state index contributed by atoms with van der Waals surface area (Å²) in [6.07, 6.45) is 0.417. The molecule has 0 saturated carbocycles. The first-order chi connectivity index (χ1) is 16.9. The lowest BCUT2D eigenvalue weighted by molar-refractivity contribution is -0.122. The van der Waals surface area contributed by atoms with Crippen molar-refractivity contribution in [1.29, 1.82) is 0 Å². The molecule has 1 unspecified atom stereocenters. The van der Waals surface area contributed by atoms with Gasteiger partial charge in [0.15, 0.2) is 17.6 Å². The first-order valence-electron chi connectivity index (χ1n) is 11.6. The maximum absolute atomic E-state index is 12.9. The van der Waals surface area contributed by atoms with Crippen LogP contribution in [0.15, 0.2) is 66.7 Å². The number of rotatable bonds is 11. The molecule has 0 fully saturated rings. The van der Waals surface area contributed by atoms with Crippen molar-refractivity contribution in [3.05, 3.63) is 83.4 Å². The predicted molar refractivity (Wildman–Crippen MR) is 137 cm³/mol. The van der Waals surface area contributed by atoms with E-state index >= 15 is 0 Å². The van der Waals surface area contributed by atoms with Crippen molar-refractivity contribution < 1.29 is 23.8 Å². The lowest BCUT2D eigenvalue weighted by atomic mass is 10.1. The second-order valence-electron chi connectivity index (χ2n) is 8.06. The zero-order chi connectivity index (χ0) is 25.2. The molecule has 1 atom stereocenters. The Kier molecular flexibility index (Phi) is 9.12. The quantitative estimate of drug-likeness (QED) is 0.416. The van der Waals surface area contributed by atoms with Crippen LogP contribution in [0.25, 0.3) is 0 Å². The van der Waals surface area contributed by atoms with Crippen LogP contribution in [0, 0.1) is 6.92 Å². The number of carbonyl (C=O) groups excluding carboxylic acids is 2. The highest BCUT2D eigenvalue weighted by Crippen LogP contribution is 2.27. The van der Waals surface area contributed by atoms with Crippen molar-refractivity contribution in [3.8, 4) is 17.2 Å². The lowest BCUT2D eigenvalue weighted by Gasteiger charge is -2.19. The van der Waals surface area contributed by atoms with Gasteiger partial charge in [-0.1, -0.05) is 37.3 Å². The van der Waals surface area contributed by atoms with Crippen molar-refractivity contribution >= 4 is 17.5 Å². The highest BCUT2D eigenvalue weighted by atomic mass is 16.5. The Labute approximate surface area is 206 Å². The van der Waals surface area contributed by atoms with Crippen LogP contribution in [0.1, 0.15) is 34.8 Å². The Morgan fingerprint density at radius 2 is 1.69 bits per heavy atom. The van der Waals surface area contributed by atoms with Gasteiger partial charge in [0, 0.05) is 6.54 Å². The molecule has 0 spiro atoms. The molecule has 0 saturated heterocycles. The summed E-state index contributed by atoms with van der Waals surface area (Å²) in [5.74, 6) is 1.35. The van der Waals surface area contributed by atoms with Crippen LogP contribution < -0.4 is 24.8 Å². The van der Waals surface area contributed by atoms with E-state index < -0.39 is 6.10 Å². The lowest BCUT2D eigenvalue weighted by Crippen LogP contribution is -2.33. The molecule has 3 aromatic carbocycles. The molecule has 0 heterocycles. The third kappa shape index (κ3) is 6.99. The standard InChI is InChI=1S/C28H32N2O5/c1-5-24(35-21-10-8-9-19(2)17-21)28(32)30-23-12-7-6-11-22(23)27(31)29-16-15-20-13-14-25(33-3)26(18-20)34-4/h6-14,17-18,24H,5,15-16H2,1-4H3,(H,29,31)(H,30,32). The monoisotopic (exact) mass is 476 g/mol. The Morgan fingerprint density at radius 3 is 2.40 bits per heavy atom. The number of hydrogen-bond donors (Lipinski definition) is 2. The summed E-state index contributed by atoms with van der Waals surface area (Å²) in [6, 6.07) is 20.1. The molecule has 184 valence electrons. The van der Waals surface area contributed by atoms with Crippen molar-refractivity contribution in [2.24, 2.45) is 0 Å². The maximum atomic E-state index is 12.9. The number of anilines is 1. The van der Waals surface area contributed by atoms with E-state index in [9.17, 15) is 9.59 Å². The van der Waals surface area contributed by atoms with E-state index in [-0.39, 0.29) is 11.8 Å². The number of amides is 2. The SMILES string of the molecule is CCC(Oc1cccc(C)c1)C(=O)Nc1ccccc1C(=O)NCCc1ccc(OC)c(OC)c1. The third-order valence-corrected chi connectivity index (χ3v) is 5.51. The van der Waals surface area contributed by atoms with Gasteiger partial charge in [0.2, 0.25) is 0 Å². The fourth-order valence-corrected chi connectivity index (χ4v) is 3.63. The number of ether oxygens (including phenoxy) is 3. The van der Waals surface area contributed by atoms with Gasteiger partial charge in [-0.3, -0.25) is 9.59 Å². The minimum absolute atomic E-state index is 0.269. The van der Waals surface area contributed by atoms with Crippen LogP contribution in [0.4, 0.5) is 5.69 Å². The number of carbonyl (C=O) groups is 2. The molecule has 2 amide bonds. The Balaban J connectivity index is 1.62. The van der Waals surface area contributed by atoms with Crippen LogP contribution in [0.5, 0.6) is 17.2 Å². The number of para-hydroxylation sites is 1. The zero-order valence-corrected chi connectivity index (χ0v) is 20.6. The summed E-state index contributed by atoms with van der Waals surface area (Å²) in [5.41, 5.74) is 2.88. The second kappa shape index (κ2) is 12.5. The number of benzene rings is 3. The van der Waals surface area contributed by atoms with Gasteiger partial charge in [-0.15, -0.1) is 0 Å². The second-order valence-corrected chi connectivity index (χ2v) is 8.06. The molecule has 3 rings (SSSR count). The molecule has 7 nitrogen and oxygen atoms in total. The van der Waals surface area contributed by atoms with Gasteiger partial charge < -0.3 is 24.8 Å². The predicted octanol–water partition coefficient (Wildman–Crippen LogP) is 4.78. The highest BCUT2D eigenvalue weighted by Gasteiger charge is 2.21. The van der Waals surface area contributed by atoms with Gasteiger partial charge >= 0.3 is 0 Å². The van der Waals surface area contributed by atoms with Crippen LogP contribution >= 0.6 is 0 Å². The molecule has 0 aliphatic rings. The Bertz CT molecular complexity index is 1160. The number of hydrogen-bond acceptors (Lipinski definition) is 5. The van der Waals surface area contributed by atoms with Gasteiger partial charge in [0.1, 0.15) is 5.75 Å². The maximum Gasteiger partial charge on any atom is 0.265 e. The van der Waals surface area contributed by atoms with E-state index in [2.05, 4.69) is 10.6 Å². The molecule has 35 heavy (non-hydrogen) atoms. The third-order valence-electron chi connectivity index (χ3n) is 5.51. The summed E-state index contributed by atoms with van der Waals surface area (Å²) in [7, 11) is 3.18. The Morgan fingerprint density at radius 1 is 0.914 bits per heavy atom. The van der Waals surface area contributed by atoms with Crippen LogP contribution in [0.2, 0.25) is 0 Å². The molecule has 0 bridgehead atoms. The summed E-state index contributed by atoms with van der Waals surface area (Å²) in [5, 5.41) is 5.78. The molecular weight excluding hydrogens is 444 g/mol. The fourth-order valence-electron chi connectivity index (χ4n) is 3.63. The average molecular weight is 477 g/mol. The van der Waals surface area contributed by atoms with E-state index in [1.165, 1.54) is 0 Å². The minimum atomic E-state index is -0.682. The molecule has 0 radical (unpaired) electrons. The van der Waals surface area contributed by atoms with E-state index in [0.717, 1.165) is 11.1 Å². The van der Waals surface area contributed by atoms with Crippen molar-refractivity contribution in [1.82, 2.24) is 5.32 Å². The normalized spacial score (nSPS) is 11.3. The van der Waals surface area contributed by atoms with Gasteiger partial charge in [0.05, 0.1) is 25.5 Å². The zero-order valence-electron chi connectivity index (χ0n) is 20.6. The number of nitrogens with one attached hydrogen (secondary N) is 2. The van der Waals surface area contributed by atoms with Gasteiger partial charge in [-0.25, -0.2) is 0 Å². The summed E-state index contributed by atoms with van der Waals surface area (Å²) in [6.45, 7) is 4.27. The summed E-state index contributed by atoms with van der Waals surface area (Å²) < 4.78 is 16.5. The fraction of sp³-hybridized carbons (Fsp3) is 0.286. The van der Waals surface area contributed by atoms with Gasteiger partial charge in [0.25, 0.3) is 11.8 Å². The summed E-state index contributed by atoms with van der Waals surface area (Å²) >= 11 is 0. The van der Waals surface area contributed by atoms with Crippen molar-refractivity contribution in [3.63, 3.8) is 0 Å². The van der Waals surface area contributed by atoms with Crippen LogP contribution in [-0.4, -0.2) is 38.7 Å². The van der Waals surface area contributed by atoms with Crippen molar-refractivity contribution in [2.45, 2.75) is 32.8 Å². The van der Waals surface area contributed by atoms with E-state index in [0.29, 0.717) is 47.9 Å². The smallest absolute Gasteiger partial charge is 0.265 e. The topological polar surface area (TPSA) is 85.9 Å². The Hall–Kier alpha value is -4.00. The molecule has 7 heteroatoms. The molecule has 3 aromatic rings. The molecule has 0 aliphatic heterocycles. The highest BCUT2D eigenvalue weighted by molar-refractivity contribution is 6.04. The van der Waals surface area contributed by atoms with E-state index in [1.807, 2.05) is 56.3 Å². The number of aryl methyl sites for hydroxylation is 1. The summed E-state index contributed by atoms with van der Waals surface area (Å²) in [4.78, 5) is 25.8. The van der Waals surface area contributed by atoms with Gasteiger partial charge in [-0.2, -0.15) is 0 Å². The number of methoxy groups -OCH3 is 2. The van der Waals surface area contributed by atoms with Crippen LogP contribution in [0.3, 0.4) is 0 Å². The van der Waals surface area contributed by atoms with Gasteiger partial charge in [-0.05, 0) is 67.3 Å². The molecular formula is C28H32N2O5. The molecule has 2 N–H and O–H groups in total. The van der Waals surface area contributed by atoms with Crippen LogP contribution in [-0.2, 0) is 11.2 Å². The van der Waals surface area contributed by atoms with E-state index in [4.69, 9.17) is 14.2 Å². The molecule has 0 aliphatic carbocycles.